The molecule has 21 heteroatoms. The van der Waals surface area contributed by atoms with Crippen LogP contribution < -0.4 is 11.1 Å². The molecule has 2 atom stereocenters. The maximum Gasteiger partial charge on any atom is 0.356 e. The lowest BCUT2D eigenvalue weighted by atomic mass is 9.76. The zero-order valence-electron chi connectivity index (χ0n) is 47.6. The van der Waals surface area contributed by atoms with Crippen molar-refractivity contribution in [2.24, 2.45) is 22.7 Å². The van der Waals surface area contributed by atoms with Gasteiger partial charge in [0.2, 0.25) is 0 Å². The molecule has 2 aliphatic heterocycles. The van der Waals surface area contributed by atoms with E-state index in [1.54, 1.807) is 47.0 Å². The third kappa shape index (κ3) is 15.7. The molecule has 2 fully saturated rings. The monoisotopic (exact) mass is 1140 g/mol. The highest BCUT2D eigenvalue weighted by Crippen LogP contribution is 2.39. The van der Waals surface area contributed by atoms with Crippen molar-refractivity contribution in [3.63, 3.8) is 0 Å². The highest BCUT2D eigenvalue weighted by Gasteiger charge is 2.35. The van der Waals surface area contributed by atoms with Crippen LogP contribution in [0.4, 0.5) is 11.4 Å². The first kappa shape index (κ1) is 59.5. The topological polar surface area (TPSA) is 236 Å². The minimum atomic E-state index is -3.34. The Morgan fingerprint density at radius 2 is 1.46 bits per heavy atom. The minimum absolute atomic E-state index is 0.179. The Morgan fingerprint density at radius 1 is 0.861 bits per heavy atom. The Morgan fingerprint density at radius 3 is 2.05 bits per heavy atom. The highest BCUT2D eigenvalue weighted by atomic mass is 32.2. The van der Waals surface area contributed by atoms with Gasteiger partial charge in [-0.1, -0.05) is 71.6 Å². The Balaban J connectivity index is 0.000000165. The van der Waals surface area contributed by atoms with Crippen molar-refractivity contribution in [3.05, 3.63) is 118 Å². The molecule has 18 nitrogen and oxygen atoms in total. The predicted octanol–water partition coefficient (Wildman–Crippen LogP) is 10.4. The molecular weight excluding hydrogens is 1060 g/mol. The Bertz CT molecular complexity index is 3150. The number of hydrogen-bond acceptors (Lipinski definition) is 13. The van der Waals surface area contributed by atoms with Crippen LogP contribution in [0.25, 0.3) is 0 Å². The van der Waals surface area contributed by atoms with Gasteiger partial charge in [-0.05, 0) is 135 Å². The number of ether oxygens (including phenoxy) is 3. The van der Waals surface area contributed by atoms with Crippen LogP contribution in [-0.4, -0.2) is 119 Å². The number of aromatic carboxylic acids is 1. The molecule has 6 heterocycles. The summed E-state index contributed by atoms with van der Waals surface area (Å²) >= 11 is 1.77. The number of nitrogens with one attached hydrogen (secondary N) is 2. The zero-order valence-corrected chi connectivity index (χ0v) is 50.2. The molecule has 2 saturated heterocycles. The Kier molecular flexibility index (Phi) is 19.2. The normalized spacial score (nSPS) is 18.2. The molecule has 6 aromatic rings. The fourth-order valence-corrected chi connectivity index (χ4v) is 13.1. The third-order valence-electron chi connectivity index (χ3n) is 15.7. The Labute approximate surface area is 471 Å². The summed E-state index contributed by atoms with van der Waals surface area (Å²) in [5.74, 6) is -0.431. The summed E-state index contributed by atoms with van der Waals surface area (Å²) in [6, 6.07) is 16.9. The van der Waals surface area contributed by atoms with Crippen molar-refractivity contribution < 1.29 is 37.3 Å². The number of carboxylic acids is 1. The molecule has 2 aliphatic carbocycles. The first-order valence-electron chi connectivity index (χ1n) is 27.7. The number of carbonyl (C=O) groups is 2. The summed E-state index contributed by atoms with van der Waals surface area (Å²) in [5, 5.41) is 33.0. The van der Waals surface area contributed by atoms with E-state index in [0.717, 1.165) is 118 Å². The highest BCUT2D eigenvalue weighted by molar-refractivity contribution is 7.98. The van der Waals surface area contributed by atoms with Crippen molar-refractivity contribution >= 4 is 52.9 Å². The van der Waals surface area contributed by atoms with Gasteiger partial charge in [0, 0.05) is 87.2 Å². The molecule has 10 rings (SSSR count). The van der Waals surface area contributed by atoms with Gasteiger partial charge < -0.3 is 30.4 Å². The molecule has 0 bridgehead atoms. The smallest absolute Gasteiger partial charge is 0.356 e. The first-order valence-corrected chi connectivity index (χ1v) is 34.5. The second kappa shape index (κ2) is 25.5. The van der Waals surface area contributed by atoms with Crippen LogP contribution in [0.2, 0.25) is 25.7 Å². The lowest BCUT2D eigenvalue weighted by Gasteiger charge is -2.31. The van der Waals surface area contributed by atoms with Gasteiger partial charge in [-0.25, -0.2) is 17.9 Å². The maximum atomic E-state index is 13.1. The number of anilines is 2. The van der Waals surface area contributed by atoms with E-state index in [9.17, 15) is 23.1 Å². The van der Waals surface area contributed by atoms with Gasteiger partial charge in [0.05, 0.1) is 40.7 Å². The van der Waals surface area contributed by atoms with Crippen molar-refractivity contribution in [1.82, 2.24) is 39.5 Å². The molecule has 2 unspecified atom stereocenters. The number of benzene rings is 2. The predicted molar refractivity (Wildman–Crippen MR) is 311 cm³/mol. The lowest BCUT2D eigenvalue weighted by Crippen LogP contribution is -2.27. The van der Waals surface area contributed by atoms with E-state index < -0.39 is 23.9 Å². The number of nitrogen functional groups attached to an aromatic ring is 1. The summed E-state index contributed by atoms with van der Waals surface area (Å²) in [5.41, 5.74) is 14.4. The summed E-state index contributed by atoms with van der Waals surface area (Å²) in [7, 11) is -4.45. The summed E-state index contributed by atoms with van der Waals surface area (Å²) in [6.45, 7) is 19.9. The van der Waals surface area contributed by atoms with Crippen molar-refractivity contribution in [3.8, 4) is 0 Å². The zero-order chi connectivity index (χ0) is 56.7. The van der Waals surface area contributed by atoms with E-state index >= 15 is 0 Å². The maximum absolute atomic E-state index is 13.1. The average molecular weight is 1140 g/mol. The fourth-order valence-electron chi connectivity index (χ4n) is 11.2. The van der Waals surface area contributed by atoms with Gasteiger partial charge in [0.25, 0.3) is 5.91 Å². The molecule has 428 valence electrons. The van der Waals surface area contributed by atoms with Crippen molar-refractivity contribution in [2.75, 3.05) is 56.6 Å². The molecular formula is C58H82N10O8S2Si. The summed E-state index contributed by atoms with van der Waals surface area (Å²) in [4.78, 5) is 26.1. The lowest BCUT2D eigenvalue weighted by molar-refractivity contribution is 0.0526. The van der Waals surface area contributed by atoms with E-state index in [2.05, 4.69) is 109 Å². The van der Waals surface area contributed by atoms with E-state index in [0.29, 0.717) is 42.9 Å². The number of rotatable bonds is 16. The molecule has 1 amide bonds. The quantitative estimate of drug-likeness (QED) is 0.0401. The summed E-state index contributed by atoms with van der Waals surface area (Å²) in [6.07, 6.45) is 19.6. The minimum Gasteiger partial charge on any atom is -0.476 e. The number of nitrogens with two attached hydrogens (primary N) is 1. The van der Waals surface area contributed by atoms with Crippen LogP contribution in [0.15, 0.2) is 83.1 Å². The van der Waals surface area contributed by atoms with E-state index in [4.69, 9.17) is 19.9 Å². The van der Waals surface area contributed by atoms with E-state index in [1.165, 1.54) is 16.7 Å². The van der Waals surface area contributed by atoms with Gasteiger partial charge in [0.15, 0.2) is 21.2 Å². The molecule has 0 radical (unpaired) electrons. The molecule has 0 spiro atoms. The second-order valence-corrected chi connectivity index (χ2v) is 33.0. The van der Waals surface area contributed by atoms with Crippen LogP contribution in [0.5, 0.6) is 0 Å². The number of fused-ring (bicyclic) bond motifs is 2. The van der Waals surface area contributed by atoms with Crippen LogP contribution in [0, 0.1) is 22.7 Å². The molecule has 4 aromatic heterocycles. The van der Waals surface area contributed by atoms with Gasteiger partial charge in [-0.2, -0.15) is 20.4 Å². The fraction of sp³-hybridized carbons (Fsp3) is 0.552. The molecule has 0 saturated carbocycles. The van der Waals surface area contributed by atoms with Crippen LogP contribution in [0.3, 0.4) is 0 Å². The van der Waals surface area contributed by atoms with Crippen molar-refractivity contribution in [1.29, 1.82) is 0 Å². The average Bonchev–Trinajstić information content (AvgIpc) is 4.32. The van der Waals surface area contributed by atoms with E-state index in [1.807, 2.05) is 27.8 Å². The number of amides is 1. The van der Waals surface area contributed by atoms with Crippen LogP contribution in [0.1, 0.15) is 133 Å². The third-order valence-corrected chi connectivity index (χ3v) is 19.2. The van der Waals surface area contributed by atoms with Crippen LogP contribution >= 0.6 is 11.8 Å². The summed E-state index contributed by atoms with van der Waals surface area (Å²) < 4.78 is 46.9. The van der Waals surface area contributed by atoms with Crippen LogP contribution in [-0.2, 0) is 56.5 Å². The molecule has 79 heavy (non-hydrogen) atoms. The molecule has 2 aromatic carbocycles. The second-order valence-electron chi connectivity index (χ2n) is 24.5. The number of thioether (sulfide) groups is 1. The van der Waals surface area contributed by atoms with Gasteiger partial charge >= 0.3 is 5.97 Å². The number of sulfone groups is 1. The van der Waals surface area contributed by atoms with Gasteiger partial charge in [-0.15, -0.1) is 11.8 Å². The van der Waals surface area contributed by atoms with Crippen molar-refractivity contribution in [2.45, 2.75) is 146 Å². The van der Waals surface area contributed by atoms with E-state index in [-0.39, 0.29) is 45.3 Å². The molecule has 5 N–H and O–H groups in total. The number of carbonyl (C=O) groups excluding carboxylic acids is 1. The number of hydrogen-bond donors (Lipinski definition) is 4. The molecule has 4 aliphatic rings. The number of carboxylic acid groups (broad SMARTS) is 1. The number of aromatic amines is 1. The van der Waals surface area contributed by atoms with Gasteiger partial charge in [0.1, 0.15) is 6.73 Å². The standard InChI is InChI=1S/C26H33N5O4S.C16H21N3OS.C16H28N2O3Si/c1-26(2)10-7-21-22(14-26)29-30-23(21)25(32)28-19-15-27-31(16-19)24(17-8-11-35-12-9-17)18-5-4-6-20(13-18)36(3,33)34;1-21-15-4-2-3-13(9-15)16(12-5-7-20-8-6-12)19-11-14(17)10-18-19;1-16(2)7-6-12-13(10-16)18(17-14(12)15(19)20)11-21-8-9-22(3,4)5/h4-6,13,15-17,24H,7-12,14H2,1-3H3,(H,28,32)(H,29,30);2-4,9-12,16H,5-8,17H2,1H3;6-11H2,1-5H3,(H,19,20). The first-order chi connectivity index (χ1) is 37.5. The number of aromatic nitrogens is 8. The largest absolute Gasteiger partial charge is 0.476 e. The Hall–Kier alpha value is -5.58. The van der Waals surface area contributed by atoms with Gasteiger partial charge in [-0.3, -0.25) is 19.3 Å². The number of H-pyrrole nitrogens is 1. The SMILES string of the molecule is CC1(C)CCc2c(C(=O)Nc3cnn(C(c4cccc(S(C)(=O)=O)c4)C4CCOCC4)c3)n[nH]c2C1.CC1(C)CCc2c(C(=O)O)nn(COCC[Si](C)(C)C)c2C1.CSc1cccc(C(C2CCOCC2)n2cc(N)cn2)c1. The number of nitrogens with zero attached hydrogens (tertiary/aromatic N) is 7.